The van der Waals surface area contributed by atoms with Gasteiger partial charge < -0.3 is 4.42 Å². The lowest BCUT2D eigenvalue weighted by Crippen LogP contribution is -2.24. The van der Waals surface area contributed by atoms with Crippen LogP contribution in [0.15, 0.2) is 10.5 Å². The van der Waals surface area contributed by atoms with Crippen LogP contribution in [0.4, 0.5) is 6.01 Å². The third-order valence-corrected chi connectivity index (χ3v) is 3.96. The summed E-state index contributed by atoms with van der Waals surface area (Å²) >= 11 is 0. The van der Waals surface area contributed by atoms with Gasteiger partial charge in [0.25, 0.3) is 5.89 Å². The first kappa shape index (κ1) is 13.8. The van der Waals surface area contributed by atoms with E-state index in [1.807, 2.05) is 20.0 Å². The molecule has 1 saturated carbocycles. The van der Waals surface area contributed by atoms with Crippen LogP contribution in [0.2, 0.25) is 0 Å². The lowest BCUT2D eigenvalue weighted by Gasteiger charge is -2.19. The smallest absolute Gasteiger partial charge is 0.322 e. The Hall–Kier alpha value is -2.18. The lowest BCUT2D eigenvalue weighted by molar-refractivity contribution is -0.120. The standard InChI is InChI=1S/C14H19N5O2/c1-9-8-11(18-19(9)2)13-16-17-14(21-13)15-12(20)10-6-4-3-5-7-10/h8,10H,3-7H2,1-2H3,(H,15,17,20). The number of aromatic nitrogens is 4. The fraction of sp³-hybridized carbons (Fsp3) is 0.571. The maximum atomic E-state index is 12.1. The van der Waals surface area contributed by atoms with Gasteiger partial charge in [-0.3, -0.25) is 14.8 Å². The topological polar surface area (TPSA) is 85.8 Å². The first-order valence-corrected chi connectivity index (χ1v) is 7.29. The van der Waals surface area contributed by atoms with Crippen molar-refractivity contribution in [2.24, 2.45) is 13.0 Å². The van der Waals surface area contributed by atoms with E-state index in [1.165, 1.54) is 6.42 Å². The van der Waals surface area contributed by atoms with Gasteiger partial charge >= 0.3 is 6.01 Å². The number of amides is 1. The van der Waals surface area contributed by atoms with Gasteiger partial charge in [0.15, 0.2) is 0 Å². The average Bonchev–Trinajstić information content (AvgIpc) is 3.07. The molecule has 0 unspecified atom stereocenters. The lowest BCUT2D eigenvalue weighted by atomic mass is 9.89. The fourth-order valence-corrected chi connectivity index (χ4v) is 2.61. The number of hydrogen-bond acceptors (Lipinski definition) is 5. The summed E-state index contributed by atoms with van der Waals surface area (Å²) in [5, 5.41) is 14.8. The molecule has 1 N–H and O–H groups in total. The van der Waals surface area contributed by atoms with Crippen LogP contribution in [-0.2, 0) is 11.8 Å². The maximum absolute atomic E-state index is 12.1. The van der Waals surface area contributed by atoms with Crippen molar-refractivity contribution in [3.63, 3.8) is 0 Å². The summed E-state index contributed by atoms with van der Waals surface area (Å²) in [6, 6.07) is 2.00. The van der Waals surface area contributed by atoms with Gasteiger partial charge in [0, 0.05) is 18.7 Å². The Morgan fingerprint density at radius 3 is 2.76 bits per heavy atom. The van der Waals surface area contributed by atoms with Crippen LogP contribution in [0, 0.1) is 12.8 Å². The second kappa shape index (κ2) is 5.67. The van der Waals surface area contributed by atoms with Crippen LogP contribution < -0.4 is 5.32 Å². The third-order valence-electron chi connectivity index (χ3n) is 3.96. The minimum Gasteiger partial charge on any atom is -0.401 e. The van der Waals surface area contributed by atoms with Gasteiger partial charge in [-0.1, -0.05) is 24.4 Å². The molecule has 1 amide bonds. The normalized spacial score (nSPS) is 16.1. The molecule has 0 aliphatic heterocycles. The summed E-state index contributed by atoms with van der Waals surface area (Å²) in [6.07, 6.45) is 5.31. The van der Waals surface area contributed by atoms with Gasteiger partial charge in [-0.05, 0) is 25.8 Å². The van der Waals surface area contributed by atoms with E-state index >= 15 is 0 Å². The van der Waals surface area contributed by atoms with Crippen molar-refractivity contribution in [1.82, 2.24) is 20.0 Å². The molecule has 0 saturated heterocycles. The van der Waals surface area contributed by atoms with Gasteiger partial charge in [-0.2, -0.15) is 5.10 Å². The predicted molar refractivity (Wildman–Crippen MR) is 76.4 cm³/mol. The Kier molecular flexibility index (Phi) is 3.72. The van der Waals surface area contributed by atoms with Crippen molar-refractivity contribution >= 4 is 11.9 Å². The van der Waals surface area contributed by atoms with Gasteiger partial charge in [0.1, 0.15) is 5.69 Å². The molecule has 7 heteroatoms. The summed E-state index contributed by atoms with van der Waals surface area (Å²) in [4.78, 5) is 12.1. The molecule has 2 aromatic heterocycles. The number of nitrogens with one attached hydrogen (secondary N) is 1. The average molecular weight is 289 g/mol. The molecule has 0 radical (unpaired) electrons. The van der Waals surface area contributed by atoms with Gasteiger partial charge in [-0.25, -0.2) is 0 Å². The van der Waals surface area contributed by atoms with Gasteiger partial charge in [-0.15, -0.1) is 5.10 Å². The number of nitrogens with zero attached hydrogens (tertiary/aromatic N) is 4. The van der Waals surface area contributed by atoms with E-state index in [4.69, 9.17) is 4.42 Å². The number of anilines is 1. The molecule has 1 fully saturated rings. The zero-order valence-electron chi connectivity index (χ0n) is 12.3. The third kappa shape index (κ3) is 2.96. The van der Waals surface area contributed by atoms with Crippen LogP contribution in [0.3, 0.4) is 0 Å². The zero-order chi connectivity index (χ0) is 14.8. The van der Waals surface area contributed by atoms with Crippen molar-refractivity contribution in [1.29, 1.82) is 0 Å². The molecule has 2 aromatic rings. The second-order valence-corrected chi connectivity index (χ2v) is 5.53. The van der Waals surface area contributed by atoms with E-state index in [9.17, 15) is 4.79 Å². The number of aryl methyl sites for hydroxylation is 2. The van der Waals surface area contributed by atoms with Gasteiger partial charge in [0.2, 0.25) is 5.91 Å². The highest BCUT2D eigenvalue weighted by Crippen LogP contribution is 2.25. The molecular formula is C14H19N5O2. The first-order valence-electron chi connectivity index (χ1n) is 7.29. The fourth-order valence-electron chi connectivity index (χ4n) is 2.61. The van der Waals surface area contributed by atoms with Crippen LogP contribution in [-0.4, -0.2) is 25.9 Å². The van der Waals surface area contributed by atoms with Crippen LogP contribution in [0.5, 0.6) is 0 Å². The van der Waals surface area contributed by atoms with Crippen molar-refractivity contribution in [2.45, 2.75) is 39.0 Å². The Morgan fingerprint density at radius 2 is 2.10 bits per heavy atom. The number of carbonyl (C=O) groups excluding carboxylic acids is 1. The predicted octanol–water partition coefficient (Wildman–Crippen LogP) is 2.30. The van der Waals surface area contributed by atoms with Crippen LogP contribution in [0.1, 0.15) is 37.8 Å². The summed E-state index contributed by atoms with van der Waals surface area (Å²) in [5.74, 6) is 0.353. The van der Waals surface area contributed by atoms with Crippen LogP contribution >= 0.6 is 0 Å². The SMILES string of the molecule is Cc1cc(-c2nnc(NC(=O)C3CCCCC3)o2)nn1C. The van der Waals surface area contributed by atoms with Crippen molar-refractivity contribution < 1.29 is 9.21 Å². The minimum atomic E-state index is -0.0258. The number of hydrogen-bond donors (Lipinski definition) is 1. The molecule has 2 heterocycles. The molecule has 1 aliphatic carbocycles. The maximum Gasteiger partial charge on any atom is 0.322 e. The molecular weight excluding hydrogens is 270 g/mol. The molecule has 0 bridgehead atoms. The summed E-state index contributed by atoms with van der Waals surface area (Å²) in [7, 11) is 1.85. The highest BCUT2D eigenvalue weighted by molar-refractivity contribution is 5.90. The Balaban J connectivity index is 1.68. The molecule has 0 atom stereocenters. The molecule has 7 nitrogen and oxygen atoms in total. The highest BCUT2D eigenvalue weighted by atomic mass is 16.4. The largest absolute Gasteiger partial charge is 0.401 e. The van der Waals surface area contributed by atoms with Gasteiger partial charge in [0.05, 0.1) is 0 Å². The molecule has 21 heavy (non-hydrogen) atoms. The molecule has 1 aliphatic rings. The van der Waals surface area contributed by atoms with E-state index < -0.39 is 0 Å². The van der Waals surface area contributed by atoms with E-state index in [1.54, 1.807) is 4.68 Å². The first-order chi connectivity index (χ1) is 10.1. The van der Waals surface area contributed by atoms with E-state index in [2.05, 4.69) is 20.6 Å². The van der Waals surface area contributed by atoms with Crippen molar-refractivity contribution in [3.8, 4) is 11.6 Å². The summed E-state index contributed by atoms with van der Waals surface area (Å²) < 4.78 is 7.21. The monoisotopic (exact) mass is 289 g/mol. The number of carbonyl (C=O) groups is 1. The Labute approximate surface area is 122 Å². The Morgan fingerprint density at radius 1 is 1.33 bits per heavy atom. The van der Waals surface area contributed by atoms with E-state index in [-0.39, 0.29) is 17.8 Å². The van der Waals surface area contributed by atoms with Crippen molar-refractivity contribution in [3.05, 3.63) is 11.8 Å². The molecule has 112 valence electrons. The minimum absolute atomic E-state index is 0.0258. The van der Waals surface area contributed by atoms with E-state index in [0.29, 0.717) is 11.6 Å². The Bertz CT molecular complexity index is 620. The second-order valence-electron chi connectivity index (χ2n) is 5.53. The molecule has 0 aromatic carbocycles. The number of rotatable bonds is 3. The van der Waals surface area contributed by atoms with E-state index in [0.717, 1.165) is 31.4 Å². The highest BCUT2D eigenvalue weighted by Gasteiger charge is 2.23. The molecule has 0 spiro atoms. The zero-order valence-corrected chi connectivity index (χ0v) is 12.3. The quantitative estimate of drug-likeness (QED) is 0.937. The van der Waals surface area contributed by atoms with Crippen LogP contribution in [0.25, 0.3) is 11.6 Å². The van der Waals surface area contributed by atoms with Crippen molar-refractivity contribution in [2.75, 3.05) is 5.32 Å². The summed E-state index contributed by atoms with van der Waals surface area (Å²) in [5.41, 5.74) is 1.61. The molecule has 3 rings (SSSR count). The summed E-state index contributed by atoms with van der Waals surface area (Å²) in [6.45, 7) is 1.94.